The first-order valence-electron chi connectivity index (χ1n) is 35.7. The molecule has 7 N–H and O–H groups in total. The lowest BCUT2D eigenvalue weighted by atomic mass is 9.82. The highest BCUT2D eigenvalue weighted by Gasteiger charge is 2.70. The molecule has 32 nitrogen and oxygen atoms in total. The molecule has 6 fully saturated rings. The summed E-state index contributed by atoms with van der Waals surface area (Å²) in [5, 5.41) is 46.0. The van der Waals surface area contributed by atoms with E-state index in [1.165, 1.54) is 47.7 Å². The summed E-state index contributed by atoms with van der Waals surface area (Å²) in [6.45, 7) is 9.39. The highest BCUT2D eigenvalue weighted by Crippen LogP contribution is 2.57. The molecule has 646 valence electrons. The minimum atomic E-state index is -3.51. The molecular formula is C70H85F12I2N9O23. The normalized spacial score (nSPS) is 33.4. The number of amides is 3. The smallest absolute Gasteiger partial charge is 0.330 e. The number of allylic oxidation sites excluding steroid dienone is 3. The number of aromatic amines is 2. The molecule has 10 aliphatic heterocycles. The summed E-state index contributed by atoms with van der Waals surface area (Å²) in [6, 6.07) is 2.86. The van der Waals surface area contributed by atoms with Crippen molar-refractivity contribution >= 4 is 80.3 Å². The van der Waals surface area contributed by atoms with Gasteiger partial charge >= 0.3 is 17.4 Å². The summed E-state index contributed by atoms with van der Waals surface area (Å²) in [7, 11) is 0. The number of fused-ring (bicyclic) bond motifs is 4. The van der Waals surface area contributed by atoms with Crippen LogP contribution in [0.1, 0.15) is 113 Å². The third-order valence-electron chi connectivity index (χ3n) is 22.7. The van der Waals surface area contributed by atoms with Gasteiger partial charge in [-0.3, -0.25) is 81.5 Å². The number of H-pyrrole nitrogens is 2. The molecule has 13 rings (SSSR count). The number of carbonyl (C=O) groups is 6. The molecule has 6 saturated heterocycles. The van der Waals surface area contributed by atoms with Crippen LogP contribution < -0.4 is 32.8 Å². The van der Waals surface area contributed by atoms with Crippen LogP contribution in [0, 0.1) is 35.5 Å². The van der Waals surface area contributed by atoms with Crippen LogP contribution in [-0.2, 0) is 57.2 Å². The van der Waals surface area contributed by atoms with Crippen molar-refractivity contribution in [2.24, 2.45) is 35.5 Å². The van der Waals surface area contributed by atoms with Crippen molar-refractivity contribution in [3.63, 3.8) is 0 Å². The molecule has 0 aromatic carbocycles. The number of hydrogen-bond donors (Lipinski definition) is 7. The molecule has 3 amide bonds. The number of nitrogens with one attached hydrogen (secondary N) is 2. The van der Waals surface area contributed by atoms with Crippen LogP contribution in [0.3, 0.4) is 0 Å². The molecule has 2 bridgehead atoms. The lowest BCUT2D eigenvalue weighted by molar-refractivity contribution is -0.175. The monoisotopic (exact) mass is 1900 g/mol. The van der Waals surface area contributed by atoms with E-state index in [0.717, 1.165) is 93.6 Å². The van der Waals surface area contributed by atoms with Gasteiger partial charge in [0, 0.05) is 64.2 Å². The van der Waals surface area contributed by atoms with E-state index in [0.29, 0.717) is 26.4 Å². The number of aromatic nitrogens is 6. The summed E-state index contributed by atoms with van der Waals surface area (Å²) in [5.74, 6) is -30.2. The fourth-order valence-corrected chi connectivity index (χ4v) is 16.2. The molecule has 0 radical (unpaired) electrons. The number of aliphatic hydroxyl groups excluding tert-OH is 5. The van der Waals surface area contributed by atoms with Gasteiger partial charge in [-0.15, -0.1) is 0 Å². The summed E-state index contributed by atoms with van der Waals surface area (Å²) in [5.41, 5.74) is -10.6. The molecular weight excluding hydrogens is 1820 g/mol. The predicted octanol–water partition coefficient (Wildman–Crippen LogP) is 4.63. The fourth-order valence-electron chi connectivity index (χ4n) is 14.1. The van der Waals surface area contributed by atoms with E-state index < -0.39 is 246 Å². The van der Waals surface area contributed by atoms with Crippen molar-refractivity contribution in [2.75, 3.05) is 48.5 Å². The lowest BCUT2D eigenvalue weighted by Crippen LogP contribution is -2.48. The summed E-state index contributed by atoms with van der Waals surface area (Å²) >= 11 is 3.88. The average Bonchev–Trinajstić information content (AvgIpc) is 1.56. The number of halogens is 14. The zero-order valence-electron chi connectivity index (χ0n) is 63.1. The molecule has 10 aliphatic rings. The van der Waals surface area contributed by atoms with Crippen LogP contribution in [0.25, 0.3) is 0 Å². The van der Waals surface area contributed by atoms with E-state index in [2.05, 4.69) is 4.98 Å². The zero-order chi connectivity index (χ0) is 87.1. The molecule has 46 heteroatoms. The first-order chi connectivity index (χ1) is 53.8. The Hall–Kier alpha value is -7.14. The van der Waals surface area contributed by atoms with E-state index in [9.17, 15) is 126 Å². The summed E-state index contributed by atoms with van der Waals surface area (Å²) in [6.07, 6.45) is -2.46. The van der Waals surface area contributed by atoms with Crippen LogP contribution in [-0.4, -0.2) is 241 Å². The molecule has 0 aliphatic carbocycles. The Balaban J connectivity index is 0.000000174. The van der Waals surface area contributed by atoms with Crippen molar-refractivity contribution in [2.45, 2.75) is 201 Å². The Morgan fingerprint density at radius 2 is 0.836 bits per heavy atom. The number of carbonyl (C=O) groups excluding carboxylic acids is 6. The maximum atomic E-state index is 14.5. The Bertz CT molecular complexity index is 4470. The van der Waals surface area contributed by atoms with Crippen LogP contribution in [0.4, 0.5) is 52.7 Å². The van der Waals surface area contributed by atoms with Crippen molar-refractivity contribution in [3.8, 4) is 6.01 Å². The van der Waals surface area contributed by atoms with Crippen LogP contribution >= 0.6 is 45.2 Å². The fraction of sp³-hybridized carbons (Fsp3) is 0.657. The average molecular weight is 1900 g/mol. The van der Waals surface area contributed by atoms with Gasteiger partial charge < -0.3 is 58.7 Å². The number of ketones is 3. The van der Waals surface area contributed by atoms with Crippen molar-refractivity contribution in [3.05, 3.63) is 126 Å². The number of nitrogens with zero attached hydrogens (tertiary/aromatic N) is 7. The van der Waals surface area contributed by atoms with E-state index in [1.807, 2.05) is 55.1 Å². The molecule has 116 heavy (non-hydrogen) atoms. The first-order valence-corrected chi connectivity index (χ1v) is 38.8. The number of hydrogen-bond acceptors (Lipinski definition) is 24. The molecule has 3 aromatic heterocycles. The standard InChI is InChI=1S/C14H19F2NO3.C12H14F2INO4.C12H15F2NO4.C11H11F2IN2O3.C11H14F2N2O5.C10H12F2N2O4/c1-4-13(5-2)9(3)14(15,16)12(20-13)17-7-6-10(18)8-11(17)19;1-7-11(5-15,6-17)20-10(12(7,13)14)16-3-2-8(18)4-9(16)19;1-7-11(2,6-16)19-10(12(7,13)14)15-4-3-8(17)5-9(15)18;1-6-10(4-14)5-18-9-15-7(17)2-3-16(9)8(19-10)11(6,12)13;1-6-10(4-16,5-17)20-8(11(6,12)13)15-3-2-7(18)14-9(15)19;1-5-6(4-15)18-8(10(5,11)12)14-3-2-7(16)13-9(14)17/h6-7,9,12H,4-5,8H2,1-3H3;2-3,7,10,17H,4-6H2,1H3;3-4,7,10,16H,5-6H2,1-2H3;2-3,6,8H,4-5H2,1H3;2-3,6,8,16-17H,4-5H2,1H3,(H,14,18,19);2-3,5-6,8,15H,4H2,1H3,(H,13,16,17)/t9-,12-;2*7-,10-,11-;6-,8-,10-;6-,8-;5-,6-,8-/m111111/s1. The summed E-state index contributed by atoms with van der Waals surface area (Å²) < 4.78 is 211. The molecule has 3 aromatic rings. The van der Waals surface area contributed by atoms with E-state index >= 15 is 0 Å². The van der Waals surface area contributed by atoms with Gasteiger partial charge in [-0.05, 0) is 38.0 Å². The molecule has 0 saturated carbocycles. The Labute approximate surface area is 677 Å². The lowest BCUT2D eigenvalue weighted by Gasteiger charge is -2.32. The van der Waals surface area contributed by atoms with Crippen molar-refractivity contribution < 1.29 is 140 Å². The van der Waals surface area contributed by atoms with Gasteiger partial charge in [0.15, 0.2) is 17.3 Å². The zero-order valence-corrected chi connectivity index (χ0v) is 67.4. The van der Waals surface area contributed by atoms with Gasteiger partial charge in [-0.25, -0.2) is 62.3 Å². The van der Waals surface area contributed by atoms with Gasteiger partial charge in [0.2, 0.25) is 55.1 Å². The Morgan fingerprint density at radius 3 is 1.20 bits per heavy atom. The van der Waals surface area contributed by atoms with Crippen LogP contribution in [0.2, 0.25) is 0 Å². The second-order valence-electron chi connectivity index (χ2n) is 29.2. The second kappa shape index (κ2) is 35.3. The first kappa shape index (κ1) is 94.3. The molecule has 0 spiro atoms. The Morgan fingerprint density at radius 1 is 0.457 bits per heavy atom. The topological polar surface area (TPSA) is 423 Å². The Kier molecular flexibility index (Phi) is 28.7. The predicted molar refractivity (Wildman–Crippen MR) is 390 cm³/mol. The quantitative estimate of drug-likeness (QED) is 0.0500. The highest BCUT2D eigenvalue weighted by atomic mass is 127. The largest absolute Gasteiger partial charge is 0.461 e. The van der Waals surface area contributed by atoms with Gasteiger partial charge in [-0.1, -0.05) is 101 Å². The maximum absolute atomic E-state index is 14.5. The second-order valence-corrected chi connectivity index (χ2v) is 30.8. The van der Waals surface area contributed by atoms with Crippen molar-refractivity contribution in [1.29, 1.82) is 0 Å². The molecule has 13 heterocycles. The van der Waals surface area contributed by atoms with Gasteiger partial charge in [0.25, 0.3) is 52.2 Å². The molecule has 16 atom stereocenters. The van der Waals surface area contributed by atoms with Gasteiger partial charge in [0.05, 0.1) is 105 Å². The van der Waals surface area contributed by atoms with Crippen LogP contribution in [0.5, 0.6) is 6.01 Å². The number of alkyl halides is 14. The van der Waals surface area contributed by atoms with Crippen LogP contribution in [0.15, 0.2) is 97.6 Å². The van der Waals surface area contributed by atoms with E-state index in [1.54, 1.807) is 13.8 Å². The van der Waals surface area contributed by atoms with Gasteiger partial charge in [0.1, 0.15) is 23.4 Å². The van der Waals surface area contributed by atoms with Crippen molar-refractivity contribution in [1.82, 2.24) is 43.4 Å². The van der Waals surface area contributed by atoms with E-state index in [-0.39, 0.29) is 29.2 Å². The maximum Gasteiger partial charge on any atom is 0.330 e. The number of ether oxygens (including phenoxy) is 7. The number of rotatable bonds is 14. The minimum Gasteiger partial charge on any atom is -0.461 e. The third-order valence-corrected chi connectivity index (χ3v) is 25.3. The van der Waals surface area contributed by atoms with E-state index in [4.69, 9.17) is 38.3 Å². The van der Waals surface area contributed by atoms with Gasteiger partial charge in [-0.2, -0.15) is 4.98 Å². The highest BCUT2D eigenvalue weighted by molar-refractivity contribution is 14.1. The summed E-state index contributed by atoms with van der Waals surface area (Å²) in [4.78, 5) is 134. The minimum absolute atomic E-state index is 0.0420. The number of aliphatic hydroxyl groups is 5. The SMILES string of the molecule is CCC1(CC)O[C@@H](N2C=CC(=O)CC2=O)C(F)(F)[C@@H]1C.C[C@@H]1C(CO)(CO)O[C@@H](n2ccc(=O)[nH]c2=O)C1(F)F.C[C@@H]1[C@@H](CO)O[C@@H](n2ccc(=O)[nH]c2=O)C1(F)F.C[C@H]1C(F)(F)[C@H](N2C=CC(=O)CC2=O)O[C@@]1(CO)CI.C[C@H]1C(F)(F)[C@H](N2C=CC(=O)CC2=O)O[C@]1(C)CO.C[C@H]1C(F)(F)[C@H]2O[C@]1(CI)COc1nc(=O)ccn12. The molecule has 0 unspecified atom stereocenters. The third kappa shape index (κ3) is 17.5.